The van der Waals surface area contributed by atoms with E-state index in [0.29, 0.717) is 17.5 Å². The molecule has 0 amide bonds. The third kappa shape index (κ3) is 2.61. The normalized spacial score (nSPS) is 22.0. The number of nitrogens with one attached hydrogen (secondary N) is 1. The Labute approximate surface area is 123 Å². The van der Waals surface area contributed by atoms with E-state index in [4.69, 9.17) is 4.42 Å². The summed E-state index contributed by atoms with van der Waals surface area (Å²) in [7, 11) is -3.74. The maximum Gasteiger partial charge on any atom is 0.274 e. The number of hydrogen-bond acceptors (Lipinski definition) is 3. The largest absolute Gasteiger partial charge is 0.452 e. The molecule has 1 heterocycles. The highest BCUT2D eigenvalue weighted by Gasteiger charge is 2.32. The lowest BCUT2D eigenvalue weighted by molar-refractivity contribution is 0.369. The van der Waals surface area contributed by atoms with Crippen LogP contribution in [0, 0.1) is 11.7 Å². The van der Waals surface area contributed by atoms with Gasteiger partial charge in [0.15, 0.2) is 0 Å². The van der Waals surface area contributed by atoms with Crippen molar-refractivity contribution in [2.24, 2.45) is 5.92 Å². The SMILES string of the molecule is CC1CCc2c(F)cccc2C1NS(=O)(=O)c1ccco1. The van der Waals surface area contributed by atoms with Crippen molar-refractivity contribution in [3.05, 3.63) is 53.5 Å². The van der Waals surface area contributed by atoms with Crippen LogP contribution in [0.25, 0.3) is 0 Å². The fraction of sp³-hybridized carbons (Fsp3) is 0.333. The number of furan rings is 1. The number of hydrogen-bond donors (Lipinski definition) is 1. The highest BCUT2D eigenvalue weighted by Crippen LogP contribution is 2.36. The first kappa shape index (κ1) is 14.3. The van der Waals surface area contributed by atoms with Crippen LogP contribution < -0.4 is 4.72 Å². The summed E-state index contributed by atoms with van der Waals surface area (Å²) >= 11 is 0. The monoisotopic (exact) mass is 309 g/mol. The van der Waals surface area contributed by atoms with E-state index in [-0.39, 0.29) is 16.8 Å². The van der Waals surface area contributed by atoms with Crippen LogP contribution in [0.3, 0.4) is 0 Å². The van der Waals surface area contributed by atoms with Crippen molar-refractivity contribution in [2.45, 2.75) is 30.9 Å². The molecule has 0 spiro atoms. The molecule has 1 aromatic carbocycles. The molecule has 0 aliphatic heterocycles. The van der Waals surface area contributed by atoms with Crippen LogP contribution in [0.1, 0.15) is 30.5 Å². The molecule has 2 atom stereocenters. The highest BCUT2D eigenvalue weighted by molar-refractivity contribution is 7.89. The van der Waals surface area contributed by atoms with E-state index in [1.165, 1.54) is 24.5 Å². The van der Waals surface area contributed by atoms with Crippen LogP contribution in [0.5, 0.6) is 0 Å². The minimum absolute atomic E-state index is 0.0871. The van der Waals surface area contributed by atoms with Gasteiger partial charge in [-0.25, -0.2) is 17.5 Å². The molecule has 112 valence electrons. The lowest BCUT2D eigenvalue weighted by Crippen LogP contribution is -2.35. The Morgan fingerprint density at radius 2 is 2.10 bits per heavy atom. The fourth-order valence-corrected chi connectivity index (χ4v) is 4.05. The molecule has 6 heteroatoms. The number of halogens is 1. The molecule has 1 aliphatic carbocycles. The van der Waals surface area contributed by atoms with Crippen molar-refractivity contribution in [3.63, 3.8) is 0 Å². The van der Waals surface area contributed by atoms with Crippen LogP contribution in [0.15, 0.2) is 46.1 Å². The average Bonchev–Trinajstić information content (AvgIpc) is 2.97. The third-order valence-corrected chi connectivity index (χ3v) is 5.28. The van der Waals surface area contributed by atoms with Crippen molar-refractivity contribution in [1.29, 1.82) is 0 Å². The molecule has 0 saturated heterocycles. The summed E-state index contributed by atoms with van der Waals surface area (Å²) in [5, 5.41) is -0.127. The fourth-order valence-electron chi connectivity index (χ4n) is 2.80. The molecule has 21 heavy (non-hydrogen) atoms. The van der Waals surface area contributed by atoms with Gasteiger partial charge in [-0.05, 0) is 48.1 Å². The van der Waals surface area contributed by atoms with Crippen LogP contribution in [0.2, 0.25) is 0 Å². The van der Waals surface area contributed by atoms with E-state index in [0.717, 1.165) is 6.42 Å². The van der Waals surface area contributed by atoms with Crippen molar-refractivity contribution in [1.82, 2.24) is 4.72 Å². The van der Waals surface area contributed by atoms with Crippen molar-refractivity contribution >= 4 is 10.0 Å². The molecule has 0 saturated carbocycles. The molecule has 1 aromatic heterocycles. The second kappa shape index (κ2) is 5.27. The summed E-state index contributed by atoms with van der Waals surface area (Å²) < 4.78 is 46.1. The van der Waals surface area contributed by atoms with Gasteiger partial charge in [0.05, 0.1) is 12.3 Å². The third-order valence-electron chi connectivity index (χ3n) is 3.95. The molecule has 3 rings (SSSR count). The quantitative estimate of drug-likeness (QED) is 0.948. The zero-order valence-electron chi connectivity index (χ0n) is 11.5. The van der Waals surface area contributed by atoms with E-state index in [1.54, 1.807) is 12.1 Å². The van der Waals surface area contributed by atoms with Gasteiger partial charge >= 0.3 is 0 Å². The topological polar surface area (TPSA) is 59.3 Å². The number of fused-ring (bicyclic) bond motifs is 1. The van der Waals surface area contributed by atoms with Gasteiger partial charge in [-0.15, -0.1) is 0 Å². The van der Waals surface area contributed by atoms with Gasteiger partial charge in [0.2, 0.25) is 5.09 Å². The van der Waals surface area contributed by atoms with Crippen LogP contribution in [-0.4, -0.2) is 8.42 Å². The summed E-state index contributed by atoms with van der Waals surface area (Å²) in [6, 6.07) is 7.27. The highest BCUT2D eigenvalue weighted by atomic mass is 32.2. The Hall–Kier alpha value is -1.66. The molecule has 2 unspecified atom stereocenters. The van der Waals surface area contributed by atoms with E-state index >= 15 is 0 Å². The zero-order chi connectivity index (χ0) is 15.0. The first-order valence-corrected chi connectivity index (χ1v) is 8.30. The van der Waals surface area contributed by atoms with Gasteiger partial charge in [-0.3, -0.25) is 0 Å². The number of rotatable bonds is 3. The van der Waals surface area contributed by atoms with E-state index in [2.05, 4.69) is 4.72 Å². The van der Waals surface area contributed by atoms with Crippen molar-refractivity contribution < 1.29 is 17.2 Å². The second-order valence-corrected chi connectivity index (χ2v) is 7.00. The zero-order valence-corrected chi connectivity index (χ0v) is 12.4. The summed E-state index contributed by atoms with van der Waals surface area (Å²) in [6.45, 7) is 1.96. The van der Waals surface area contributed by atoms with Crippen LogP contribution in [-0.2, 0) is 16.4 Å². The minimum atomic E-state index is -3.74. The smallest absolute Gasteiger partial charge is 0.274 e. The van der Waals surface area contributed by atoms with E-state index < -0.39 is 16.1 Å². The van der Waals surface area contributed by atoms with Crippen molar-refractivity contribution in [2.75, 3.05) is 0 Å². The molecular weight excluding hydrogens is 293 g/mol. The Kier molecular flexibility index (Phi) is 3.59. The number of sulfonamides is 1. The van der Waals surface area contributed by atoms with E-state index in [9.17, 15) is 12.8 Å². The standard InChI is InChI=1S/C15H16FNO3S/c1-10-7-8-11-12(4-2-5-13(11)16)15(10)17-21(18,19)14-6-3-9-20-14/h2-6,9-10,15,17H,7-8H2,1H3. The first-order valence-electron chi connectivity index (χ1n) is 6.82. The van der Waals surface area contributed by atoms with Crippen molar-refractivity contribution in [3.8, 4) is 0 Å². The lowest BCUT2D eigenvalue weighted by Gasteiger charge is -2.31. The first-order chi connectivity index (χ1) is 9.99. The molecular formula is C15H16FNO3S. The summed E-state index contributed by atoms with van der Waals surface area (Å²) in [5.74, 6) is -0.189. The van der Waals surface area contributed by atoms with E-state index in [1.807, 2.05) is 6.92 Å². The Balaban J connectivity index is 1.98. The molecule has 4 nitrogen and oxygen atoms in total. The molecule has 2 aromatic rings. The van der Waals surface area contributed by atoms with Crippen LogP contribution in [0.4, 0.5) is 4.39 Å². The summed E-state index contributed by atoms with van der Waals surface area (Å²) in [6.07, 6.45) is 2.67. The van der Waals surface area contributed by atoms with Crippen LogP contribution >= 0.6 is 0 Å². The molecule has 1 aliphatic rings. The number of benzene rings is 1. The summed E-state index contributed by atoms with van der Waals surface area (Å²) in [5.41, 5.74) is 1.31. The average molecular weight is 309 g/mol. The predicted molar refractivity (Wildman–Crippen MR) is 75.7 cm³/mol. The van der Waals surface area contributed by atoms with Gasteiger partial charge in [0, 0.05) is 0 Å². The summed E-state index contributed by atoms with van der Waals surface area (Å²) in [4.78, 5) is 0. The van der Waals surface area contributed by atoms with Gasteiger partial charge in [-0.1, -0.05) is 19.1 Å². The van der Waals surface area contributed by atoms with Gasteiger partial charge < -0.3 is 4.42 Å². The molecule has 0 radical (unpaired) electrons. The molecule has 0 bridgehead atoms. The Morgan fingerprint density at radius 3 is 2.81 bits per heavy atom. The Bertz CT molecular complexity index is 740. The predicted octanol–water partition coefficient (Wildman–Crippen LogP) is 3.02. The maximum atomic E-state index is 13.9. The Morgan fingerprint density at radius 1 is 1.29 bits per heavy atom. The molecule has 1 N–H and O–H groups in total. The lowest BCUT2D eigenvalue weighted by atomic mass is 9.81. The molecule has 0 fully saturated rings. The van der Waals surface area contributed by atoms with Gasteiger partial charge in [0.1, 0.15) is 5.82 Å². The minimum Gasteiger partial charge on any atom is -0.452 e. The van der Waals surface area contributed by atoms with Gasteiger partial charge in [-0.2, -0.15) is 0 Å². The maximum absolute atomic E-state index is 13.9. The van der Waals surface area contributed by atoms with Gasteiger partial charge in [0.25, 0.3) is 10.0 Å². The second-order valence-electron chi connectivity index (χ2n) is 5.35.